The van der Waals surface area contributed by atoms with Crippen LogP contribution in [0.4, 0.5) is 11.4 Å². The second-order valence-corrected chi connectivity index (χ2v) is 8.79. The van der Waals surface area contributed by atoms with Crippen molar-refractivity contribution in [1.82, 2.24) is 0 Å². The minimum atomic E-state index is -3.41. The summed E-state index contributed by atoms with van der Waals surface area (Å²) in [6.07, 6.45) is 3.86. The van der Waals surface area contributed by atoms with Crippen molar-refractivity contribution in [3.63, 3.8) is 0 Å². The van der Waals surface area contributed by atoms with Crippen molar-refractivity contribution in [2.45, 2.75) is 24.7 Å². The molecule has 0 aliphatic rings. The molecule has 0 radical (unpaired) electrons. The van der Waals surface area contributed by atoms with Crippen LogP contribution < -0.4 is 9.62 Å². The van der Waals surface area contributed by atoms with Crippen LogP contribution >= 0.6 is 11.8 Å². The average Bonchev–Trinajstić information content (AvgIpc) is 2.59. The fourth-order valence-electron chi connectivity index (χ4n) is 2.62. The molecule has 0 fully saturated rings. The highest BCUT2D eigenvalue weighted by atomic mass is 32.2. The summed E-state index contributed by atoms with van der Waals surface area (Å²) in [6.45, 7) is 2.14. The van der Waals surface area contributed by atoms with E-state index in [1.165, 1.54) is 10.6 Å². The molecule has 0 saturated carbocycles. The van der Waals surface area contributed by atoms with E-state index >= 15 is 0 Å². The number of carbonyl (C=O) groups excluding carboxylic acids is 1. The van der Waals surface area contributed by atoms with Gasteiger partial charge in [-0.25, -0.2) is 8.42 Å². The molecule has 2 aromatic carbocycles. The third-order valence-electron chi connectivity index (χ3n) is 3.90. The van der Waals surface area contributed by atoms with Gasteiger partial charge >= 0.3 is 0 Å². The van der Waals surface area contributed by atoms with Crippen LogP contribution in [-0.2, 0) is 14.8 Å². The summed E-state index contributed by atoms with van der Waals surface area (Å²) in [7, 11) is -3.41. The van der Waals surface area contributed by atoms with Gasteiger partial charge in [0.15, 0.2) is 0 Å². The number of sulfonamides is 1. The summed E-state index contributed by atoms with van der Waals surface area (Å²) in [5.74, 6) is -0.124. The van der Waals surface area contributed by atoms with Gasteiger partial charge in [0.05, 0.1) is 11.9 Å². The maximum atomic E-state index is 12.2. The maximum absolute atomic E-state index is 12.2. The van der Waals surface area contributed by atoms with Gasteiger partial charge in [-0.3, -0.25) is 9.10 Å². The van der Waals surface area contributed by atoms with Crippen molar-refractivity contribution in [3.8, 4) is 0 Å². The van der Waals surface area contributed by atoms with Gasteiger partial charge in [0.1, 0.15) is 0 Å². The molecule has 0 atom stereocenters. The second kappa shape index (κ2) is 9.09. The van der Waals surface area contributed by atoms with Gasteiger partial charge < -0.3 is 5.32 Å². The van der Waals surface area contributed by atoms with E-state index < -0.39 is 10.0 Å². The molecule has 26 heavy (non-hydrogen) atoms. The van der Waals surface area contributed by atoms with Crippen molar-refractivity contribution >= 4 is 39.1 Å². The Kier molecular flexibility index (Phi) is 7.11. The quantitative estimate of drug-likeness (QED) is 0.692. The van der Waals surface area contributed by atoms with Gasteiger partial charge in [-0.15, -0.1) is 11.8 Å². The third kappa shape index (κ3) is 5.78. The van der Waals surface area contributed by atoms with E-state index in [0.717, 1.165) is 16.1 Å². The Morgan fingerprint density at radius 1 is 1.15 bits per heavy atom. The Labute approximate surface area is 159 Å². The topological polar surface area (TPSA) is 66.5 Å². The van der Waals surface area contributed by atoms with Gasteiger partial charge in [0, 0.05) is 23.5 Å². The Bertz CT molecular complexity index is 867. The largest absolute Gasteiger partial charge is 0.326 e. The zero-order valence-corrected chi connectivity index (χ0v) is 16.9. The van der Waals surface area contributed by atoms with Crippen LogP contribution in [-0.4, -0.2) is 33.4 Å². The van der Waals surface area contributed by atoms with Crippen LogP contribution in [0.25, 0.3) is 0 Å². The van der Waals surface area contributed by atoms with Gasteiger partial charge in [-0.2, -0.15) is 0 Å². The lowest BCUT2D eigenvalue weighted by molar-refractivity contribution is -0.116. The fourth-order valence-corrected chi connectivity index (χ4v) is 4.10. The second-order valence-electron chi connectivity index (χ2n) is 6.01. The molecule has 5 nitrogen and oxygen atoms in total. The molecule has 0 unspecified atom stereocenters. The highest BCUT2D eigenvalue weighted by Crippen LogP contribution is 2.23. The van der Waals surface area contributed by atoms with Gasteiger partial charge in [0.2, 0.25) is 15.9 Å². The Morgan fingerprint density at radius 3 is 2.54 bits per heavy atom. The highest BCUT2D eigenvalue weighted by Gasteiger charge is 2.19. The molecular weight excluding hydrogens is 368 g/mol. The Hall–Kier alpha value is -1.99. The molecule has 0 aromatic heterocycles. The summed E-state index contributed by atoms with van der Waals surface area (Å²) in [4.78, 5) is 13.2. The van der Waals surface area contributed by atoms with E-state index in [4.69, 9.17) is 0 Å². The van der Waals surface area contributed by atoms with Crippen LogP contribution in [0.5, 0.6) is 0 Å². The van der Waals surface area contributed by atoms with Crippen molar-refractivity contribution in [3.05, 3.63) is 54.1 Å². The molecule has 1 N–H and O–H groups in total. The zero-order valence-electron chi connectivity index (χ0n) is 15.2. The van der Waals surface area contributed by atoms with Crippen molar-refractivity contribution in [2.75, 3.05) is 28.7 Å². The lowest BCUT2D eigenvalue weighted by Crippen LogP contribution is -2.32. The molecule has 2 aromatic rings. The zero-order chi connectivity index (χ0) is 19.2. The molecule has 0 heterocycles. The number of nitrogens with zero attached hydrogens (tertiary/aromatic N) is 1. The first-order chi connectivity index (χ1) is 12.3. The third-order valence-corrected chi connectivity index (χ3v) is 5.81. The molecular formula is C19H24N2O3S2. The number of hydrogen-bond acceptors (Lipinski definition) is 4. The molecule has 0 aliphatic carbocycles. The maximum Gasteiger partial charge on any atom is 0.232 e. The van der Waals surface area contributed by atoms with Crippen LogP contribution in [0.2, 0.25) is 0 Å². The molecule has 1 amide bonds. The Morgan fingerprint density at radius 2 is 1.88 bits per heavy atom. The van der Waals surface area contributed by atoms with Crippen molar-refractivity contribution in [2.24, 2.45) is 0 Å². The fraction of sp³-hybridized carbons (Fsp3) is 0.316. The van der Waals surface area contributed by atoms with E-state index in [9.17, 15) is 13.2 Å². The number of hydrogen-bond donors (Lipinski definition) is 1. The summed E-state index contributed by atoms with van der Waals surface area (Å²) < 4.78 is 25.7. The summed E-state index contributed by atoms with van der Waals surface area (Å²) in [5.41, 5.74) is 2.29. The average molecular weight is 393 g/mol. The molecule has 2 rings (SSSR count). The van der Waals surface area contributed by atoms with Crippen LogP contribution in [0.1, 0.15) is 18.4 Å². The molecule has 140 valence electrons. The molecule has 7 heteroatoms. The van der Waals surface area contributed by atoms with Crippen molar-refractivity contribution < 1.29 is 13.2 Å². The monoisotopic (exact) mass is 392 g/mol. The van der Waals surface area contributed by atoms with Gasteiger partial charge in [0.25, 0.3) is 0 Å². The van der Waals surface area contributed by atoms with E-state index in [-0.39, 0.29) is 18.9 Å². The van der Waals surface area contributed by atoms with E-state index in [2.05, 4.69) is 5.32 Å². The molecule has 0 saturated heterocycles. The predicted octanol–water partition coefficient (Wildman–Crippen LogP) is 3.90. The number of nitrogens with one attached hydrogen (secondary N) is 1. The van der Waals surface area contributed by atoms with Crippen LogP contribution in [0, 0.1) is 6.92 Å². The van der Waals surface area contributed by atoms with Gasteiger partial charge in [-0.05, 0) is 49.4 Å². The summed E-state index contributed by atoms with van der Waals surface area (Å²) >= 11 is 1.61. The molecule has 0 spiro atoms. The van der Waals surface area contributed by atoms with Crippen LogP contribution in [0.15, 0.2) is 53.4 Å². The standard InChI is InChI=1S/C19H24N2O3S2/c1-15-8-4-5-11-18(15)21(26(3,23)24)13-7-12-19(22)20-16-9-6-10-17(14-16)25-2/h4-6,8-11,14H,7,12-13H2,1-3H3,(H,20,22). The number of carbonyl (C=O) groups is 1. The number of rotatable bonds is 8. The summed E-state index contributed by atoms with van der Waals surface area (Å²) in [5, 5.41) is 2.86. The van der Waals surface area contributed by atoms with Crippen LogP contribution in [0.3, 0.4) is 0 Å². The smallest absolute Gasteiger partial charge is 0.232 e. The van der Waals surface area contributed by atoms with E-state index in [0.29, 0.717) is 12.1 Å². The number of amides is 1. The summed E-state index contributed by atoms with van der Waals surface area (Å²) in [6, 6.07) is 15.0. The Balaban J connectivity index is 1.97. The van der Waals surface area contributed by atoms with E-state index in [1.807, 2.05) is 55.6 Å². The first-order valence-electron chi connectivity index (χ1n) is 8.28. The lowest BCUT2D eigenvalue weighted by atomic mass is 10.2. The number of para-hydroxylation sites is 1. The van der Waals surface area contributed by atoms with E-state index in [1.54, 1.807) is 17.8 Å². The normalized spacial score (nSPS) is 11.2. The first-order valence-corrected chi connectivity index (χ1v) is 11.4. The first kappa shape index (κ1) is 20.3. The lowest BCUT2D eigenvalue weighted by Gasteiger charge is -2.24. The number of aryl methyl sites for hydroxylation is 1. The number of anilines is 2. The molecule has 0 bridgehead atoms. The molecule has 0 aliphatic heterocycles. The minimum Gasteiger partial charge on any atom is -0.326 e. The predicted molar refractivity (Wildman–Crippen MR) is 109 cm³/mol. The highest BCUT2D eigenvalue weighted by molar-refractivity contribution is 7.98. The number of thioether (sulfide) groups is 1. The SMILES string of the molecule is CSc1cccc(NC(=O)CCCN(c2ccccc2C)S(C)(=O)=O)c1. The number of benzene rings is 2. The van der Waals surface area contributed by atoms with Crippen molar-refractivity contribution in [1.29, 1.82) is 0 Å². The van der Waals surface area contributed by atoms with Gasteiger partial charge in [-0.1, -0.05) is 24.3 Å². The minimum absolute atomic E-state index is 0.124.